The van der Waals surface area contributed by atoms with Crippen LogP contribution in [0.3, 0.4) is 0 Å². The van der Waals surface area contributed by atoms with Crippen molar-refractivity contribution in [2.45, 2.75) is 71.1 Å². The Kier molecular flexibility index (Phi) is 8.19. The van der Waals surface area contributed by atoms with E-state index in [-0.39, 0.29) is 17.9 Å². The molecule has 1 unspecified atom stereocenters. The van der Waals surface area contributed by atoms with E-state index in [0.717, 1.165) is 19.3 Å². The first-order valence-electron chi connectivity index (χ1n) is 7.63. The molecule has 1 heterocycles. The van der Waals surface area contributed by atoms with E-state index in [1.165, 1.54) is 38.5 Å². The highest BCUT2D eigenvalue weighted by atomic mass is 16.6. The summed E-state index contributed by atoms with van der Waals surface area (Å²) in [6.07, 6.45) is 15.2. The maximum Gasteiger partial charge on any atom is 0.317 e. The van der Waals surface area contributed by atoms with Gasteiger partial charge in [-0.3, -0.25) is 9.59 Å². The van der Waals surface area contributed by atoms with E-state index in [1.807, 2.05) is 0 Å². The molecule has 1 aliphatic rings. The van der Waals surface area contributed by atoms with Crippen molar-refractivity contribution in [2.24, 2.45) is 5.92 Å². The van der Waals surface area contributed by atoms with Crippen molar-refractivity contribution in [3.05, 3.63) is 12.2 Å². The van der Waals surface area contributed by atoms with Gasteiger partial charge in [-0.1, -0.05) is 51.2 Å². The van der Waals surface area contributed by atoms with Gasteiger partial charge in [-0.15, -0.1) is 0 Å². The Labute approximate surface area is 116 Å². The van der Waals surface area contributed by atoms with E-state index in [4.69, 9.17) is 0 Å². The van der Waals surface area contributed by atoms with Gasteiger partial charge in [-0.2, -0.15) is 0 Å². The molecule has 0 aliphatic carbocycles. The number of ether oxygens (including phenoxy) is 1. The lowest BCUT2D eigenvalue weighted by molar-refractivity contribution is -0.153. The molecule has 1 rings (SSSR count). The van der Waals surface area contributed by atoms with E-state index in [2.05, 4.69) is 23.8 Å². The van der Waals surface area contributed by atoms with Gasteiger partial charge in [0, 0.05) is 0 Å². The molecule has 19 heavy (non-hydrogen) atoms. The lowest BCUT2D eigenvalue weighted by Gasteiger charge is -2.03. The van der Waals surface area contributed by atoms with Crippen LogP contribution in [0.2, 0.25) is 0 Å². The average molecular weight is 266 g/mol. The Bertz CT molecular complexity index is 307. The summed E-state index contributed by atoms with van der Waals surface area (Å²) in [6.45, 7) is 2.19. The molecule has 3 heteroatoms. The largest absolute Gasteiger partial charge is 0.393 e. The number of allylic oxidation sites excluding steroid dienone is 2. The molecule has 0 aromatic heterocycles. The minimum atomic E-state index is -0.353. The van der Waals surface area contributed by atoms with Gasteiger partial charge in [0.15, 0.2) is 0 Å². The highest BCUT2D eigenvalue weighted by molar-refractivity contribution is 5.94. The van der Waals surface area contributed by atoms with E-state index in [9.17, 15) is 9.59 Å². The summed E-state index contributed by atoms with van der Waals surface area (Å²) in [6, 6.07) is 0. The third-order valence-electron chi connectivity index (χ3n) is 3.51. The minimum Gasteiger partial charge on any atom is -0.393 e. The molecule has 0 amide bonds. The van der Waals surface area contributed by atoms with E-state index in [0.29, 0.717) is 6.42 Å². The molecular weight excluding hydrogens is 240 g/mol. The minimum absolute atomic E-state index is 0.163. The number of esters is 2. The van der Waals surface area contributed by atoms with Crippen LogP contribution < -0.4 is 0 Å². The van der Waals surface area contributed by atoms with Crippen molar-refractivity contribution in [1.82, 2.24) is 0 Å². The number of hydrogen-bond donors (Lipinski definition) is 0. The topological polar surface area (TPSA) is 43.4 Å². The molecule has 0 saturated carbocycles. The fourth-order valence-corrected chi connectivity index (χ4v) is 2.33. The highest BCUT2D eigenvalue weighted by Gasteiger charge is 2.32. The predicted octanol–water partition coefficient (Wildman–Crippen LogP) is 4.16. The Morgan fingerprint density at radius 2 is 1.74 bits per heavy atom. The smallest absolute Gasteiger partial charge is 0.317 e. The molecule has 1 aliphatic heterocycles. The fourth-order valence-electron chi connectivity index (χ4n) is 2.33. The van der Waals surface area contributed by atoms with Crippen molar-refractivity contribution in [3.63, 3.8) is 0 Å². The summed E-state index contributed by atoms with van der Waals surface area (Å²) in [4.78, 5) is 22.1. The van der Waals surface area contributed by atoms with Crippen molar-refractivity contribution in [3.8, 4) is 0 Å². The van der Waals surface area contributed by atoms with E-state index < -0.39 is 0 Å². The highest BCUT2D eigenvalue weighted by Crippen LogP contribution is 2.22. The van der Waals surface area contributed by atoms with Crippen molar-refractivity contribution < 1.29 is 14.3 Å². The lowest BCUT2D eigenvalue weighted by atomic mass is 9.99. The molecule has 1 fully saturated rings. The van der Waals surface area contributed by atoms with Crippen LogP contribution in [0.25, 0.3) is 0 Å². The van der Waals surface area contributed by atoms with Crippen LogP contribution in [0.15, 0.2) is 12.2 Å². The number of cyclic esters (lactones) is 2. The van der Waals surface area contributed by atoms with Crippen LogP contribution in [0.1, 0.15) is 71.1 Å². The molecule has 0 aromatic carbocycles. The summed E-state index contributed by atoms with van der Waals surface area (Å²) in [5.41, 5.74) is 0. The van der Waals surface area contributed by atoms with Gasteiger partial charge in [-0.05, 0) is 25.7 Å². The molecule has 0 bridgehead atoms. The zero-order valence-electron chi connectivity index (χ0n) is 12.0. The third-order valence-corrected chi connectivity index (χ3v) is 3.51. The van der Waals surface area contributed by atoms with Gasteiger partial charge in [-0.25, -0.2) is 0 Å². The molecular formula is C16H26O3. The maximum absolute atomic E-state index is 11.2. The first-order chi connectivity index (χ1) is 9.24. The Morgan fingerprint density at radius 1 is 1.05 bits per heavy atom. The number of carbonyl (C=O) groups excluding carboxylic acids is 2. The predicted molar refractivity (Wildman–Crippen MR) is 75.6 cm³/mol. The molecule has 1 saturated heterocycles. The standard InChI is InChI=1S/C16H26O3/c1-2-3-4-5-6-7-8-9-10-11-12-14-13-15(17)19-16(14)18/h4-5,14H,2-3,6-13H2,1H3/b5-4+. The third kappa shape index (κ3) is 7.14. The zero-order chi connectivity index (χ0) is 13.9. The van der Waals surface area contributed by atoms with Crippen LogP contribution in [0, 0.1) is 5.92 Å². The summed E-state index contributed by atoms with van der Waals surface area (Å²) < 4.78 is 4.53. The summed E-state index contributed by atoms with van der Waals surface area (Å²) in [5.74, 6) is -0.829. The SMILES string of the molecule is CCC/C=C/CCCCCCCC1CC(=O)OC1=O. The van der Waals surface area contributed by atoms with Gasteiger partial charge >= 0.3 is 11.9 Å². The molecule has 0 aromatic rings. The molecule has 0 radical (unpaired) electrons. The Morgan fingerprint density at radius 3 is 2.42 bits per heavy atom. The Balaban J connectivity index is 1.89. The summed E-state index contributed by atoms with van der Waals surface area (Å²) >= 11 is 0. The number of hydrogen-bond acceptors (Lipinski definition) is 3. The molecule has 0 spiro atoms. The summed E-state index contributed by atoms with van der Waals surface area (Å²) in [5, 5.41) is 0. The quantitative estimate of drug-likeness (QED) is 0.258. The van der Waals surface area contributed by atoms with Crippen LogP contribution in [0.4, 0.5) is 0 Å². The van der Waals surface area contributed by atoms with Gasteiger partial charge < -0.3 is 4.74 Å². The van der Waals surface area contributed by atoms with Crippen LogP contribution in [0.5, 0.6) is 0 Å². The van der Waals surface area contributed by atoms with Crippen LogP contribution >= 0.6 is 0 Å². The lowest BCUT2D eigenvalue weighted by Crippen LogP contribution is -2.06. The second-order valence-electron chi connectivity index (χ2n) is 5.30. The second kappa shape index (κ2) is 9.76. The van der Waals surface area contributed by atoms with Crippen molar-refractivity contribution >= 4 is 11.9 Å². The van der Waals surface area contributed by atoms with E-state index >= 15 is 0 Å². The first kappa shape index (κ1) is 15.9. The summed E-state index contributed by atoms with van der Waals surface area (Å²) in [7, 11) is 0. The van der Waals surface area contributed by atoms with Gasteiger partial charge in [0.05, 0.1) is 12.3 Å². The molecule has 108 valence electrons. The van der Waals surface area contributed by atoms with Crippen LogP contribution in [-0.2, 0) is 14.3 Å². The Hall–Kier alpha value is -1.12. The number of rotatable bonds is 10. The fraction of sp³-hybridized carbons (Fsp3) is 0.750. The number of carbonyl (C=O) groups is 2. The van der Waals surface area contributed by atoms with Crippen molar-refractivity contribution in [2.75, 3.05) is 0 Å². The zero-order valence-corrected chi connectivity index (χ0v) is 12.0. The van der Waals surface area contributed by atoms with Gasteiger partial charge in [0.1, 0.15) is 0 Å². The molecule has 1 atom stereocenters. The molecule has 3 nitrogen and oxygen atoms in total. The molecule has 0 N–H and O–H groups in total. The monoisotopic (exact) mass is 266 g/mol. The number of unbranched alkanes of at least 4 members (excludes halogenated alkanes) is 6. The van der Waals surface area contributed by atoms with Crippen molar-refractivity contribution in [1.29, 1.82) is 0 Å². The van der Waals surface area contributed by atoms with Gasteiger partial charge in [0.2, 0.25) is 0 Å². The normalized spacial score (nSPS) is 19.3. The second-order valence-corrected chi connectivity index (χ2v) is 5.30. The first-order valence-corrected chi connectivity index (χ1v) is 7.63. The average Bonchev–Trinajstić information content (AvgIpc) is 2.70. The van der Waals surface area contributed by atoms with Gasteiger partial charge in [0.25, 0.3) is 0 Å². The van der Waals surface area contributed by atoms with Crippen LogP contribution in [-0.4, -0.2) is 11.9 Å². The maximum atomic E-state index is 11.2. The van der Waals surface area contributed by atoms with E-state index in [1.54, 1.807) is 0 Å².